The molecule has 0 saturated carbocycles. The van der Waals surface area contributed by atoms with Crippen molar-refractivity contribution in [2.75, 3.05) is 13.1 Å². The maximum atomic E-state index is 13.0. The topological polar surface area (TPSA) is 75.4 Å². The van der Waals surface area contributed by atoms with Crippen LogP contribution in [-0.2, 0) is 4.79 Å². The minimum atomic E-state index is -0.787. The van der Waals surface area contributed by atoms with Gasteiger partial charge in [0.05, 0.1) is 0 Å². The van der Waals surface area contributed by atoms with Gasteiger partial charge in [-0.15, -0.1) is 0 Å². The Bertz CT molecular complexity index is 918. The second kappa shape index (κ2) is 8.99. The molecule has 2 amide bonds. The van der Waals surface area contributed by atoms with Gasteiger partial charge in [-0.25, -0.2) is 0 Å². The third-order valence-corrected chi connectivity index (χ3v) is 4.53. The minimum Gasteiger partial charge on any atom is -0.355 e. The molecule has 2 aromatic carbocycles. The fraction of sp³-hybridized carbons (Fsp3) is 0.227. The average molecular weight is 377 g/mol. The Morgan fingerprint density at radius 2 is 1.61 bits per heavy atom. The molecule has 0 aliphatic carbocycles. The van der Waals surface area contributed by atoms with Gasteiger partial charge in [0.15, 0.2) is 11.5 Å². The van der Waals surface area contributed by atoms with E-state index in [1.165, 1.54) is 0 Å². The third kappa shape index (κ3) is 4.28. The van der Waals surface area contributed by atoms with Crippen LogP contribution in [0.2, 0.25) is 0 Å². The van der Waals surface area contributed by atoms with Gasteiger partial charge in [-0.3, -0.25) is 9.59 Å². The summed E-state index contributed by atoms with van der Waals surface area (Å²) < 4.78 is 5.30. The van der Waals surface area contributed by atoms with Gasteiger partial charge >= 0.3 is 0 Å². The maximum Gasteiger partial charge on any atom is 0.274 e. The summed E-state index contributed by atoms with van der Waals surface area (Å²) in [6.07, 6.45) is 0. The Hall–Kier alpha value is -3.41. The van der Waals surface area contributed by atoms with E-state index >= 15 is 0 Å². The molecule has 0 unspecified atom stereocenters. The molecule has 6 heteroatoms. The number of hydrogen-bond donors (Lipinski definition) is 1. The van der Waals surface area contributed by atoms with Crippen LogP contribution in [0.4, 0.5) is 0 Å². The second-order valence-electron chi connectivity index (χ2n) is 6.27. The van der Waals surface area contributed by atoms with Gasteiger partial charge < -0.3 is 14.7 Å². The molecule has 0 saturated heterocycles. The predicted molar refractivity (Wildman–Crippen MR) is 107 cm³/mol. The Labute approximate surface area is 164 Å². The number of benzene rings is 2. The summed E-state index contributed by atoms with van der Waals surface area (Å²) in [6, 6.07) is 19.4. The minimum absolute atomic E-state index is 0.132. The van der Waals surface area contributed by atoms with E-state index in [0.29, 0.717) is 18.8 Å². The molecule has 0 radical (unpaired) electrons. The molecule has 0 fully saturated rings. The molecule has 0 aliphatic rings. The number of carbonyl (C=O) groups is 2. The summed E-state index contributed by atoms with van der Waals surface area (Å²) in [4.78, 5) is 27.4. The number of amides is 2. The van der Waals surface area contributed by atoms with Crippen LogP contribution in [0.1, 0.15) is 35.9 Å². The number of carbonyl (C=O) groups excluding carboxylic acids is 2. The van der Waals surface area contributed by atoms with Crippen LogP contribution >= 0.6 is 0 Å². The molecular weight excluding hydrogens is 354 g/mol. The van der Waals surface area contributed by atoms with Crippen molar-refractivity contribution in [2.45, 2.75) is 19.9 Å². The van der Waals surface area contributed by atoms with Crippen molar-refractivity contribution in [1.29, 1.82) is 0 Å². The molecule has 28 heavy (non-hydrogen) atoms. The van der Waals surface area contributed by atoms with Crippen LogP contribution in [-0.4, -0.2) is 35.0 Å². The van der Waals surface area contributed by atoms with E-state index in [4.69, 9.17) is 4.52 Å². The van der Waals surface area contributed by atoms with Crippen LogP contribution < -0.4 is 5.32 Å². The summed E-state index contributed by atoms with van der Waals surface area (Å²) >= 11 is 0. The molecule has 1 N–H and O–H groups in total. The fourth-order valence-electron chi connectivity index (χ4n) is 2.98. The Morgan fingerprint density at radius 1 is 1.00 bits per heavy atom. The molecule has 0 aliphatic heterocycles. The highest BCUT2D eigenvalue weighted by atomic mass is 16.5. The van der Waals surface area contributed by atoms with Crippen molar-refractivity contribution in [3.63, 3.8) is 0 Å². The number of likely N-dealkylation sites (N-methyl/N-ethyl adjacent to an activating group) is 1. The number of nitrogens with zero attached hydrogens (tertiary/aromatic N) is 2. The Kier molecular flexibility index (Phi) is 6.22. The van der Waals surface area contributed by atoms with Gasteiger partial charge in [0.2, 0.25) is 5.91 Å². The molecule has 0 spiro atoms. The van der Waals surface area contributed by atoms with Gasteiger partial charge in [0.25, 0.3) is 5.91 Å². The first-order valence-corrected chi connectivity index (χ1v) is 9.30. The Morgan fingerprint density at radius 3 is 2.21 bits per heavy atom. The molecule has 3 aromatic rings. The lowest BCUT2D eigenvalue weighted by atomic mass is 10.0. The first-order valence-electron chi connectivity index (χ1n) is 9.30. The van der Waals surface area contributed by atoms with Crippen molar-refractivity contribution >= 4 is 11.8 Å². The van der Waals surface area contributed by atoms with E-state index in [1.54, 1.807) is 11.0 Å². The molecule has 0 bridgehead atoms. The van der Waals surface area contributed by atoms with Gasteiger partial charge in [-0.1, -0.05) is 65.8 Å². The lowest BCUT2D eigenvalue weighted by molar-refractivity contribution is -0.133. The molecule has 1 aromatic heterocycles. The maximum absolute atomic E-state index is 13.0. The summed E-state index contributed by atoms with van der Waals surface area (Å²) in [5, 5.41) is 6.68. The van der Waals surface area contributed by atoms with Gasteiger partial charge in [0.1, 0.15) is 6.04 Å². The smallest absolute Gasteiger partial charge is 0.274 e. The second-order valence-corrected chi connectivity index (χ2v) is 6.27. The summed E-state index contributed by atoms with van der Waals surface area (Å²) in [7, 11) is 0. The number of rotatable bonds is 7. The van der Waals surface area contributed by atoms with E-state index in [2.05, 4.69) is 10.5 Å². The van der Waals surface area contributed by atoms with Crippen LogP contribution in [0.5, 0.6) is 0 Å². The van der Waals surface area contributed by atoms with Gasteiger partial charge in [0, 0.05) is 24.7 Å². The highest BCUT2D eigenvalue weighted by Crippen LogP contribution is 2.21. The zero-order valence-corrected chi connectivity index (χ0v) is 16.0. The van der Waals surface area contributed by atoms with Crippen LogP contribution in [0, 0.1) is 0 Å². The lowest BCUT2D eigenvalue weighted by Crippen LogP contribution is -2.43. The van der Waals surface area contributed by atoms with E-state index in [0.717, 1.165) is 11.1 Å². The van der Waals surface area contributed by atoms with Crippen LogP contribution in [0.3, 0.4) is 0 Å². The zero-order valence-electron chi connectivity index (χ0n) is 16.0. The summed E-state index contributed by atoms with van der Waals surface area (Å²) in [6.45, 7) is 4.96. The standard InChI is InChI=1S/C22H23N3O3/c1-3-25(4-2)22(27)20(17-13-9-6-10-14-17)23-21(26)18-15-19(28-24-18)16-11-7-5-8-12-16/h5-15,20H,3-4H2,1-2H3,(H,23,26)/t20-/m0/s1. The number of nitrogens with one attached hydrogen (secondary N) is 1. The van der Waals surface area contributed by atoms with E-state index in [-0.39, 0.29) is 11.6 Å². The van der Waals surface area contributed by atoms with Crippen molar-refractivity contribution in [2.24, 2.45) is 0 Å². The van der Waals surface area contributed by atoms with E-state index in [9.17, 15) is 9.59 Å². The first kappa shape index (κ1) is 19.4. The van der Waals surface area contributed by atoms with E-state index < -0.39 is 11.9 Å². The SMILES string of the molecule is CCN(CC)C(=O)[C@@H](NC(=O)c1cc(-c2ccccc2)on1)c1ccccc1. The van der Waals surface area contributed by atoms with Crippen molar-refractivity contribution in [3.8, 4) is 11.3 Å². The summed E-state index contributed by atoms with van der Waals surface area (Å²) in [5.41, 5.74) is 1.68. The molecule has 1 heterocycles. The summed E-state index contributed by atoms with van der Waals surface area (Å²) in [5.74, 6) is -0.117. The average Bonchev–Trinajstić information content (AvgIpc) is 3.24. The molecule has 144 valence electrons. The zero-order chi connectivity index (χ0) is 19.9. The third-order valence-electron chi connectivity index (χ3n) is 4.53. The highest BCUT2D eigenvalue weighted by molar-refractivity contribution is 5.97. The molecule has 6 nitrogen and oxygen atoms in total. The molecular formula is C22H23N3O3. The van der Waals surface area contributed by atoms with Crippen LogP contribution in [0.25, 0.3) is 11.3 Å². The van der Waals surface area contributed by atoms with E-state index in [1.807, 2.05) is 74.5 Å². The van der Waals surface area contributed by atoms with Crippen molar-refractivity contribution in [1.82, 2.24) is 15.4 Å². The first-order chi connectivity index (χ1) is 13.6. The highest BCUT2D eigenvalue weighted by Gasteiger charge is 2.27. The Balaban J connectivity index is 1.83. The van der Waals surface area contributed by atoms with Gasteiger partial charge in [-0.2, -0.15) is 0 Å². The predicted octanol–water partition coefficient (Wildman–Crippen LogP) is 3.68. The number of aromatic nitrogens is 1. The van der Waals surface area contributed by atoms with Crippen molar-refractivity contribution < 1.29 is 14.1 Å². The van der Waals surface area contributed by atoms with Crippen molar-refractivity contribution in [3.05, 3.63) is 78.0 Å². The largest absolute Gasteiger partial charge is 0.355 e. The molecule has 1 atom stereocenters. The molecule has 3 rings (SSSR count). The quantitative estimate of drug-likeness (QED) is 0.681. The monoisotopic (exact) mass is 377 g/mol. The normalized spacial score (nSPS) is 11.6. The fourth-order valence-corrected chi connectivity index (χ4v) is 2.98. The van der Waals surface area contributed by atoms with Crippen LogP contribution in [0.15, 0.2) is 71.3 Å². The lowest BCUT2D eigenvalue weighted by Gasteiger charge is -2.26. The van der Waals surface area contributed by atoms with Gasteiger partial charge in [-0.05, 0) is 19.4 Å². The number of hydrogen-bond acceptors (Lipinski definition) is 4.